The van der Waals surface area contributed by atoms with Gasteiger partial charge in [0, 0.05) is 17.1 Å². The second-order valence-electron chi connectivity index (χ2n) is 6.32. The highest BCUT2D eigenvalue weighted by Crippen LogP contribution is 2.18. The number of carbonyl (C=O) groups is 3. The molecule has 2 aromatic carbocycles. The number of rotatable bonds is 4. The summed E-state index contributed by atoms with van der Waals surface area (Å²) in [6.07, 6.45) is 2.35. The Morgan fingerprint density at radius 2 is 1.74 bits per heavy atom. The fourth-order valence-electron chi connectivity index (χ4n) is 2.90. The quantitative estimate of drug-likeness (QED) is 0.756. The first-order valence-corrected chi connectivity index (χ1v) is 9.17. The molecule has 0 bridgehead atoms. The van der Waals surface area contributed by atoms with Crippen LogP contribution in [0.3, 0.4) is 0 Å². The van der Waals surface area contributed by atoms with Crippen molar-refractivity contribution < 1.29 is 14.4 Å². The van der Waals surface area contributed by atoms with Gasteiger partial charge in [0.05, 0.1) is 11.3 Å². The average molecular weight is 386 g/mol. The third-order valence-electron chi connectivity index (χ3n) is 4.37. The fraction of sp³-hybridized carbons (Fsp3) is 0.250. The minimum absolute atomic E-state index is 0.177. The maximum Gasteiger partial charge on any atom is 0.255 e. The normalized spacial score (nSPS) is 16.8. The third-order valence-corrected chi connectivity index (χ3v) is 4.62. The molecule has 3 amide bonds. The Morgan fingerprint density at radius 3 is 2.52 bits per heavy atom. The van der Waals surface area contributed by atoms with Crippen molar-refractivity contribution in [1.29, 1.82) is 0 Å². The number of nitrogens with one attached hydrogen (secondary N) is 3. The zero-order valence-corrected chi connectivity index (χ0v) is 15.4. The summed E-state index contributed by atoms with van der Waals surface area (Å²) >= 11 is 5.84. The minimum Gasteiger partial charge on any atom is -0.354 e. The van der Waals surface area contributed by atoms with Gasteiger partial charge in [-0.3, -0.25) is 14.4 Å². The van der Waals surface area contributed by atoms with E-state index in [1.807, 2.05) is 0 Å². The van der Waals surface area contributed by atoms with Crippen molar-refractivity contribution >= 4 is 35.0 Å². The van der Waals surface area contributed by atoms with Crippen LogP contribution in [0.15, 0.2) is 48.5 Å². The Bertz CT molecular complexity index is 852. The summed E-state index contributed by atoms with van der Waals surface area (Å²) in [6.45, 7) is 0.624. The van der Waals surface area contributed by atoms with Crippen molar-refractivity contribution in [3.05, 3.63) is 64.7 Å². The van der Waals surface area contributed by atoms with Crippen LogP contribution in [0.1, 0.15) is 40.0 Å². The molecule has 1 fully saturated rings. The Morgan fingerprint density at radius 1 is 1.00 bits per heavy atom. The van der Waals surface area contributed by atoms with Crippen LogP contribution in [0.2, 0.25) is 5.02 Å². The van der Waals surface area contributed by atoms with E-state index in [9.17, 15) is 14.4 Å². The summed E-state index contributed by atoms with van der Waals surface area (Å²) in [5, 5.41) is 8.84. The zero-order valence-electron chi connectivity index (χ0n) is 14.6. The van der Waals surface area contributed by atoms with Crippen LogP contribution < -0.4 is 16.0 Å². The molecule has 2 aromatic rings. The molecule has 1 atom stereocenters. The second-order valence-corrected chi connectivity index (χ2v) is 6.76. The molecule has 0 unspecified atom stereocenters. The van der Waals surface area contributed by atoms with Gasteiger partial charge < -0.3 is 16.0 Å². The van der Waals surface area contributed by atoms with Crippen molar-refractivity contribution in [3.8, 4) is 0 Å². The molecule has 1 aliphatic rings. The van der Waals surface area contributed by atoms with Crippen LogP contribution in [0, 0.1) is 0 Å². The third kappa shape index (κ3) is 4.86. The highest BCUT2D eigenvalue weighted by Gasteiger charge is 2.24. The largest absolute Gasteiger partial charge is 0.354 e. The van der Waals surface area contributed by atoms with Crippen LogP contribution in [-0.2, 0) is 4.79 Å². The van der Waals surface area contributed by atoms with Gasteiger partial charge in [-0.2, -0.15) is 0 Å². The molecule has 0 saturated carbocycles. The molecule has 6 nitrogen and oxygen atoms in total. The van der Waals surface area contributed by atoms with Gasteiger partial charge >= 0.3 is 0 Å². The fourth-order valence-corrected chi connectivity index (χ4v) is 3.02. The van der Waals surface area contributed by atoms with E-state index in [1.165, 1.54) is 0 Å². The molecule has 7 heteroatoms. The van der Waals surface area contributed by atoms with Gasteiger partial charge in [-0.05, 0) is 55.7 Å². The first-order valence-electron chi connectivity index (χ1n) is 8.79. The number of halogens is 1. The van der Waals surface area contributed by atoms with E-state index in [-0.39, 0.29) is 11.8 Å². The molecule has 140 valence electrons. The SMILES string of the molecule is O=C(Nc1ccccc1C(=O)N[C@H]1CCCCNC1=O)c1ccc(Cl)cc1. The van der Waals surface area contributed by atoms with Gasteiger partial charge in [-0.1, -0.05) is 23.7 Å². The van der Waals surface area contributed by atoms with Gasteiger partial charge in [0.25, 0.3) is 11.8 Å². The lowest BCUT2D eigenvalue weighted by Gasteiger charge is -2.17. The highest BCUT2D eigenvalue weighted by molar-refractivity contribution is 6.30. The van der Waals surface area contributed by atoms with E-state index in [2.05, 4.69) is 16.0 Å². The molecule has 3 N–H and O–H groups in total. The lowest BCUT2D eigenvalue weighted by atomic mass is 10.1. The lowest BCUT2D eigenvalue weighted by Crippen LogP contribution is -2.45. The number of anilines is 1. The number of benzene rings is 2. The average Bonchev–Trinajstić information content (AvgIpc) is 2.87. The maximum absolute atomic E-state index is 12.7. The zero-order chi connectivity index (χ0) is 19.2. The molecule has 1 heterocycles. The number of para-hydroxylation sites is 1. The van der Waals surface area contributed by atoms with Crippen LogP contribution in [0.4, 0.5) is 5.69 Å². The van der Waals surface area contributed by atoms with Crippen LogP contribution >= 0.6 is 11.6 Å². The molecule has 0 aliphatic carbocycles. The highest BCUT2D eigenvalue weighted by atomic mass is 35.5. The van der Waals surface area contributed by atoms with E-state index in [4.69, 9.17) is 11.6 Å². The molecular formula is C20H20ClN3O3. The first-order chi connectivity index (χ1) is 13.0. The maximum atomic E-state index is 12.7. The smallest absolute Gasteiger partial charge is 0.255 e. The second kappa shape index (κ2) is 8.68. The summed E-state index contributed by atoms with van der Waals surface area (Å²) in [5.41, 5.74) is 1.11. The van der Waals surface area contributed by atoms with E-state index < -0.39 is 11.9 Å². The monoisotopic (exact) mass is 385 g/mol. The van der Waals surface area contributed by atoms with E-state index in [1.54, 1.807) is 48.5 Å². The van der Waals surface area contributed by atoms with Crippen molar-refractivity contribution in [2.75, 3.05) is 11.9 Å². The minimum atomic E-state index is -0.569. The van der Waals surface area contributed by atoms with Gasteiger partial charge in [0.1, 0.15) is 6.04 Å². The first kappa shape index (κ1) is 18.9. The molecule has 0 aromatic heterocycles. The van der Waals surface area contributed by atoms with E-state index >= 15 is 0 Å². The topological polar surface area (TPSA) is 87.3 Å². The number of carbonyl (C=O) groups excluding carboxylic acids is 3. The van der Waals surface area contributed by atoms with Crippen molar-refractivity contribution in [1.82, 2.24) is 10.6 Å². The number of hydrogen-bond acceptors (Lipinski definition) is 3. The lowest BCUT2D eigenvalue weighted by molar-refractivity contribution is -0.122. The molecule has 1 aliphatic heterocycles. The molecule has 3 rings (SSSR count). The Labute approximate surface area is 162 Å². The Hall–Kier alpha value is -2.86. The van der Waals surface area contributed by atoms with E-state index in [0.717, 1.165) is 12.8 Å². The predicted molar refractivity (Wildman–Crippen MR) is 104 cm³/mol. The van der Waals surface area contributed by atoms with Crippen molar-refractivity contribution in [2.45, 2.75) is 25.3 Å². The Kier molecular flexibility index (Phi) is 6.08. The van der Waals surface area contributed by atoms with Crippen molar-refractivity contribution in [3.63, 3.8) is 0 Å². The predicted octanol–water partition coefficient (Wildman–Crippen LogP) is 2.99. The van der Waals surface area contributed by atoms with Gasteiger partial charge in [-0.15, -0.1) is 0 Å². The van der Waals surface area contributed by atoms with Crippen LogP contribution in [0.5, 0.6) is 0 Å². The summed E-state index contributed by atoms with van der Waals surface area (Å²) in [4.78, 5) is 37.2. The van der Waals surface area contributed by atoms with Crippen LogP contribution in [0.25, 0.3) is 0 Å². The standard InChI is InChI=1S/C20H20ClN3O3/c21-14-10-8-13(9-11-14)18(25)23-16-6-2-1-5-15(16)19(26)24-17-7-3-4-12-22-20(17)27/h1-2,5-6,8-11,17H,3-4,7,12H2,(H,22,27)(H,23,25)(H,24,26)/t17-/m0/s1. The summed E-state index contributed by atoms with van der Waals surface area (Å²) in [5.74, 6) is -0.924. The number of hydrogen-bond donors (Lipinski definition) is 3. The summed E-state index contributed by atoms with van der Waals surface area (Å²) < 4.78 is 0. The molecule has 0 spiro atoms. The van der Waals surface area contributed by atoms with Crippen molar-refractivity contribution in [2.24, 2.45) is 0 Å². The van der Waals surface area contributed by atoms with Gasteiger partial charge in [0.15, 0.2) is 0 Å². The molecular weight excluding hydrogens is 366 g/mol. The summed E-state index contributed by atoms with van der Waals surface area (Å²) in [7, 11) is 0. The van der Waals surface area contributed by atoms with E-state index in [0.29, 0.717) is 34.8 Å². The summed E-state index contributed by atoms with van der Waals surface area (Å²) in [6, 6.07) is 12.6. The van der Waals surface area contributed by atoms with Gasteiger partial charge in [-0.25, -0.2) is 0 Å². The molecule has 1 saturated heterocycles. The van der Waals surface area contributed by atoms with Gasteiger partial charge in [0.2, 0.25) is 5.91 Å². The molecule has 0 radical (unpaired) electrons. The molecule has 27 heavy (non-hydrogen) atoms. The van der Waals surface area contributed by atoms with Crippen LogP contribution in [-0.4, -0.2) is 30.3 Å². The number of amides is 3. The Balaban J connectivity index is 1.74.